The normalized spacial score (nSPS) is 10.8. The molecular formula is C19H22N4O. The summed E-state index contributed by atoms with van der Waals surface area (Å²) >= 11 is 0. The Kier molecular flexibility index (Phi) is 4.51. The smallest absolute Gasteiger partial charge is 0.274 e. The minimum absolute atomic E-state index is 0.130. The molecular weight excluding hydrogens is 300 g/mol. The van der Waals surface area contributed by atoms with E-state index in [1.54, 1.807) is 0 Å². The third kappa shape index (κ3) is 3.11. The van der Waals surface area contributed by atoms with Crippen LogP contribution in [0.5, 0.6) is 0 Å². The van der Waals surface area contributed by atoms with E-state index in [4.69, 9.17) is 0 Å². The lowest BCUT2D eigenvalue weighted by Gasteiger charge is -2.13. The summed E-state index contributed by atoms with van der Waals surface area (Å²) in [5.41, 5.74) is 4.12. The van der Waals surface area contributed by atoms with Gasteiger partial charge in [0.25, 0.3) is 5.91 Å². The number of benzene rings is 1. The van der Waals surface area contributed by atoms with Crippen molar-refractivity contribution in [3.05, 3.63) is 60.0 Å². The van der Waals surface area contributed by atoms with Crippen LogP contribution in [0.4, 0.5) is 11.4 Å². The van der Waals surface area contributed by atoms with E-state index in [0.29, 0.717) is 5.69 Å². The van der Waals surface area contributed by atoms with Crippen molar-refractivity contribution in [3.8, 4) is 0 Å². The molecule has 0 bridgehead atoms. The fraction of sp³-hybridized carbons (Fsp3) is 0.263. The van der Waals surface area contributed by atoms with E-state index in [-0.39, 0.29) is 5.91 Å². The second kappa shape index (κ2) is 6.74. The summed E-state index contributed by atoms with van der Waals surface area (Å²) in [6.45, 7) is 2.09. The van der Waals surface area contributed by atoms with Crippen LogP contribution in [0, 0.1) is 0 Å². The first-order chi connectivity index (χ1) is 11.6. The van der Waals surface area contributed by atoms with E-state index < -0.39 is 0 Å². The Morgan fingerprint density at radius 3 is 2.58 bits per heavy atom. The van der Waals surface area contributed by atoms with Crippen molar-refractivity contribution < 1.29 is 4.79 Å². The van der Waals surface area contributed by atoms with E-state index in [9.17, 15) is 4.79 Å². The lowest BCUT2D eigenvalue weighted by atomic mass is 10.2. The summed E-state index contributed by atoms with van der Waals surface area (Å²) < 4.78 is 1.86. The van der Waals surface area contributed by atoms with Crippen molar-refractivity contribution in [2.75, 3.05) is 24.3 Å². The molecule has 0 fully saturated rings. The number of nitrogens with zero attached hydrogens (tertiary/aromatic N) is 3. The Balaban J connectivity index is 1.91. The molecule has 1 N–H and O–H groups in total. The maximum absolute atomic E-state index is 12.8. The first-order valence-electron chi connectivity index (χ1n) is 8.15. The Labute approximate surface area is 141 Å². The van der Waals surface area contributed by atoms with Crippen LogP contribution in [-0.4, -0.2) is 29.4 Å². The van der Waals surface area contributed by atoms with E-state index >= 15 is 0 Å². The number of aryl methyl sites for hydroxylation is 1. The molecule has 3 aromatic rings. The minimum Gasteiger partial charge on any atom is -0.378 e. The van der Waals surface area contributed by atoms with E-state index in [2.05, 4.69) is 17.2 Å². The molecule has 0 aliphatic rings. The highest BCUT2D eigenvalue weighted by Gasteiger charge is 2.18. The van der Waals surface area contributed by atoms with Gasteiger partial charge in [0.05, 0.1) is 5.69 Å². The molecule has 124 valence electrons. The van der Waals surface area contributed by atoms with Gasteiger partial charge in [-0.25, -0.2) is 4.98 Å². The molecule has 0 spiro atoms. The minimum atomic E-state index is -0.130. The number of pyridine rings is 1. The Hall–Kier alpha value is -2.82. The molecule has 2 aromatic heterocycles. The SMILES string of the molecule is CCCc1nc2ccccn2c1C(=O)Nc1ccc(N(C)C)cc1. The van der Waals surface area contributed by atoms with Crippen LogP contribution in [0.1, 0.15) is 29.5 Å². The van der Waals surface area contributed by atoms with Crippen LogP contribution in [-0.2, 0) is 6.42 Å². The van der Waals surface area contributed by atoms with Crippen LogP contribution in [0.25, 0.3) is 5.65 Å². The number of anilines is 2. The highest BCUT2D eigenvalue weighted by atomic mass is 16.2. The van der Waals surface area contributed by atoms with Crippen molar-refractivity contribution >= 4 is 22.9 Å². The lowest BCUT2D eigenvalue weighted by Crippen LogP contribution is -2.16. The second-order valence-electron chi connectivity index (χ2n) is 5.98. The number of carbonyl (C=O) groups is 1. The molecule has 5 heteroatoms. The maximum Gasteiger partial charge on any atom is 0.274 e. The lowest BCUT2D eigenvalue weighted by molar-refractivity contribution is 0.102. The monoisotopic (exact) mass is 322 g/mol. The van der Waals surface area contributed by atoms with Crippen LogP contribution in [0.2, 0.25) is 0 Å². The Bertz CT molecular complexity index is 849. The van der Waals surface area contributed by atoms with Crippen molar-refractivity contribution in [1.29, 1.82) is 0 Å². The van der Waals surface area contributed by atoms with Crippen LogP contribution in [0.15, 0.2) is 48.7 Å². The molecule has 0 saturated heterocycles. The second-order valence-corrected chi connectivity index (χ2v) is 5.98. The average Bonchev–Trinajstić information content (AvgIpc) is 2.93. The largest absolute Gasteiger partial charge is 0.378 e. The van der Waals surface area contributed by atoms with Gasteiger partial charge < -0.3 is 10.2 Å². The van der Waals surface area contributed by atoms with Crippen molar-refractivity contribution in [2.45, 2.75) is 19.8 Å². The van der Waals surface area contributed by atoms with Gasteiger partial charge >= 0.3 is 0 Å². The molecule has 3 rings (SSSR count). The van der Waals surface area contributed by atoms with Crippen LogP contribution >= 0.6 is 0 Å². The van der Waals surface area contributed by atoms with Crippen LogP contribution in [0.3, 0.4) is 0 Å². The molecule has 1 amide bonds. The Morgan fingerprint density at radius 2 is 1.92 bits per heavy atom. The van der Waals surface area contributed by atoms with Gasteiger partial charge in [-0.15, -0.1) is 0 Å². The van der Waals surface area contributed by atoms with E-state index in [0.717, 1.165) is 35.6 Å². The third-order valence-corrected chi connectivity index (χ3v) is 3.95. The zero-order valence-corrected chi connectivity index (χ0v) is 14.3. The summed E-state index contributed by atoms with van der Waals surface area (Å²) in [5.74, 6) is -0.130. The van der Waals surface area contributed by atoms with Crippen molar-refractivity contribution in [2.24, 2.45) is 0 Å². The number of fused-ring (bicyclic) bond motifs is 1. The number of imidazole rings is 1. The highest BCUT2D eigenvalue weighted by Crippen LogP contribution is 2.19. The van der Waals surface area contributed by atoms with Gasteiger partial charge in [-0.2, -0.15) is 0 Å². The topological polar surface area (TPSA) is 49.6 Å². The summed E-state index contributed by atoms with van der Waals surface area (Å²) in [5, 5.41) is 2.98. The first-order valence-corrected chi connectivity index (χ1v) is 8.15. The van der Waals surface area contributed by atoms with Crippen LogP contribution < -0.4 is 10.2 Å². The standard InChI is InChI=1S/C19H22N4O/c1-4-7-16-18(23-13-6-5-8-17(23)21-16)19(24)20-14-9-11-15(12-10-14)22(2)3/h5-6,8-13H,4,7H2,1-3H3,(H,20,24). The average molecular weight is 322 g/mol. The zero-order valence-electron chi connectivity index (χ0n) is 14.3. The molecule has 2 heterocycles. The molecule has 0 aliphatic heterocycles. The molecule has 0 aliphatic carbocycles. The number of aromatic nitrogens is 2. The maximum atomic E-state index is 12.8. The third-order valence-electron chi connectivity index (χ3n) is 3.95. The van der Waals surface area contributed by atoms with E-state index in [1.807, 2.05) is 72.1 Å². The summed E-state index contributed by atoms with van der Waals surface area (Å²) in [6.07, 6.45) is 3.61. The zero-order chi connectivity index (χ0) is 17.1. The fourth-order valence-electron chi connectivity index (χ4n) is 2.73. The first kappa shape index (κ1) is 16.1. The fourth-order valence-corrected chi connectivity index (χ4v) is 2.73. The van der Waals surface area contributed by atoms with Gasteiger partial charge in [0.2, 0.25) is 0 Å². The Morgan fingerprint density at radius 1 is 1.17 bits per heavy atom. The number of carbonyl (C=O) groups excluding carboxylic acids is 1. The molecule has 24 heavy (non-hydrogen) atoms. The number of nitrogens with one attached hydrogen (secondary N) is 1. The highest BCUT2D eigenvalue weighted by molar-refractivity contribution is 6.04. The van der Waals surface area contributed by atoms with Crippen molar-refractivity contribution in [1.82, 2.24) is 9.38 Å². The summed E-state index contributed by atoms with van der Waals surface area (Å²) in [7, 11) is 3.98. The van der Waals surface area contributed by atoms with Gasteiger partial charge in [0.15, 0.2) is 0 Å². The van der Waals surface area contributed by atoms with Gasteiger partial charge in [0, 0.05) is 31.7 Å². The van der Waals surface area contributed by atoms with Gasteiger partial charge in [-0.05, 0) is 42.8 Å². The van der Waals surface area contributed by atoms with Gasteiger partial charge in [-0.1, -0.05) is 19.4 Å². The number of amides is 1. The van der Waals surface area contributed by atoms with Gasteiger partial charge in [0.1, 0.15) is 11.3 Å². The predicted octanol–water partition coefficient (Wildman–Crippen LogP) is 3.61. The molecule has 0 unspecified atom stereocenters. The quantitative estimate of drug-likeness (QED) is 0.781. The number of rotatable bonds is 5. The predicted molar refractivity (Wildman–Crippen MR) is 97.9 cm³/mol. The molecule has 0 radical (unpaired) electrons. The van der Waals surface area contributed by atoms with Gasteiger partial charge in [-0.3, -0.25) is 9.20 Å². The number of hydrogen-bond acceptors (Lipinski definition) is 3. The molecule has 1 aromatic carbocycles. The summed E-state index contributed by atoms with van der Waals surface area (Å²) in [4.78, 5) is 19.4. The molecule has 0 atom stereocenters. The van der Waals surface area contributed by atoms with Crippen molar-refractivity contribution in [3.63, 3.8) is 0 Å². The number of hydrogen-bond donors (Lipinski definition) is 1. The van der Waals surface area contributed by atoms with E-state index in [1.165, 1.54) is 0 Å². The summed E-state index contributed by atoms with van der Waals surface area (Å²) in [6, 6.07) is 13.6. The molecule has 0 saturated carbocycles. The molecule has 5 nitrogen and oxygen atoms in total.